The lowest BCUT2D eigenvalue weighted by Gasteiger charge is -2.21. The van der Waals surface area contributed by atoms with Crippen LogP contribution in [-0.4, -0.2) is 60.9 Å². The predicted molar refractivity (Wildman–Crippen MR) is 87.0 cm³/mol. The second-order valence-electron chi connectivity index (χ2n) is 5.73. The van der Waals surface area contributed by atoms with Crippen molar-refractivity contribution >= 4 is 11.8 Å². The van der Waals surface area contributed by atoms with Crippen LogP contribution in [0.4, 0.5) is 0 Å². The summed E-state index contributed by atoms with van der Waals surface area (Å²) in [7, 11) is 0. The smallest absolute Gasteiger partial charge is 0.257 e. The molecule has 1 N–H and O–H groups in total. The van der Waals surface area contributed by atoms with Gasteiger partial charge in [0.2, 0.25) is 5.91 Å². The van der Waals surface area contributed by atoms with Gasteiger partial charge in [-0.05, 0) is 26.3 Å². The Morgan fingerprint density at radius 2 is 2.09 bits per heavy atom. The molecule has 1 saturated heterocycles. The Morgan fingerprint density at radius 1 is 1.30 bits per heavy atom. The number of terminal acetylenes is 1. The van der Waals surface area contributed by atoms with Crippen LogP contribution in [-0.2, 0) is 4.79 Å². The van der Waals surface area contributed by atoms with Crippen molar-refractivity contribution in [3.63, 3.8) is 0 Å². The van der Waals surface area contributed by atoms with E-state index in [0.717, 1.165) is 18.7 Å². The Bertz CT molecular complexity index is 615. The monoisotopic (exact) mass is 317 g/mol. The molecule has 0 unspecified atom stereocenters. The summed E-state index contributed by atoms with van der Waals surface area (Å²) in [5, 5.41) is 2.66. The summed E-state index contributed by atoms with van der Waals surface area (Å²) in [6.07, 6.45) is 5.96. The summed E-state index contributed by atoms with van der Waals surface area (Å²) >= 11 is 0. The first-order chi connectivity index (χ1) is 11.0. The molecule has 0 saturated carbocycles. The quantitative estimate of drug-likeness (QED) is 0.834. The third-order valence-corrected chi connectivity index (χ3v) is 3.90. The maximum Gasteiger partial charge on any atom is 0.257 e. The number of hydrogen-bond donors (Lipinski definition) is 1. The van der Waals surface area contributed by atoms with E-state index >= 15 is 0 Å². The highest BCUT2D eigenvalue weighted by atomic mass is 16.3. The van der Waals surface area contributed by atoms with Crippen LogP contribution >= 0.6 is 0 Å². The molecule has 23 heavy (non-hydrogen) atoms. The lowest BCUT2D eigenvalue weighted by molar-refractivity contribution is -0.121. The van der Waals surface area contributed by atoms with Crippen LogP contribution in [0.3, 0.4) is 0 Å². The molecular formula is C17H23N3O3. The van der Waals surface area contributed by atoms with E-state index < -0.39 is 0 Å². The second-order valence-corrected chi connectivity index (χ2v) is 5.73. The highest BCUT2D eigenvalue weighted by Gasteiger charge is 2.23. The molecule has 1 aromatic rings. The number of hydrogen-bond acceptors (Lipinski definition) is 4. The minimum absolute atomic E-state index is 0.00187. The molecule has 0 aromatic carbocycles. The lowest BCUT2D eigenvalue weighted by Crippen LogP contribution is -2.40. The summed E-state index contributed by atoms with van der Waals surface area (Å²) in [5.41, 5.74) is 0.628. The number of amides is 2. The van der Waals surface area contributed by atoms with Gasteiger partial charge in [0.25, 0.3) is 5.91 Å². The van der Waals surface area contributed by atoms with Gasteiger partial charge in [-0.3, -0.25) is 14.5 Å². The van der Waals surface area contributed by atoms with E-state index in [9.17, 15) is 9.59 Å². The topological polar surface area (TPSA) is 65.8 Å². The molecule has 0 aliphatic carbocycles. The number of aryl methyl sites for hydroxylation is 2. The molecule has 0 bridgehead atoms. The average Bonchev–Trinajstić information content (AvgIpc) is 2.72. The third-order valence-electron chi connectivity index (χ3n) is 3.90. The van der Waals surface area contributed by atoms with Crippen LogP contribution in [0, 0.1) is 26.2 Å². The van der Waals surface area contributed by atoms with Crippen LogP contribution in [0.2, 0.25) is 0 Å². The van der Waals surface area contributed by atoms with Crippen molar-refractivity contribution in [1.82, 2.24) is 15.1 Å². The first-order valence-electron chi connectivity index (χ1n) is 7.80. The molecule has 1 aromatic heterocycles. The second kappa shape index (κ2) is 7.84. The zero-order valence-electron chi connectivity index (χ0n) is 13.7. The molecule has 2 heterocycles. The molecule has 6 heteroatoms. The Morgan fingerprint density at radius 3 is 2.74 bits per heavy atom. The minimum Gasteiger partial charge on any atom is -0.466 e. The van der Waals surface area contributed by atoms with Gasteiger partial charge in [0, 0.05) is 26.2 Å². The van der Waals surface area contributed by atoms with Crippen LogP contribution < -0.4 is 5.32 Å². The van der Waals surface area contributed by atoms with E-state index in [-0.39, 0.29) is 18.4 Å². The van der Waals surface area contributed by atoms with Gasteiger partial charge < -0.3 is 14.6 Å². The summed E-state index contributed by atoms with van der Waals surface area (Å²) in [4.78, 5) is 28.2. The van der Waals surface area contributed by atoms with Crippen LogP contribution in [0.5, 0.6) is 0 Å². The molecule has 2 amide bonds. The van der Waals surface area contributed by atoms with Gasteiger partial charge in [0.05, 0.1) is 18.7 Å². The summed E-state index contributed by atoms with van der Waals surface area (Å²) in [6.45, 7) is 6.95. The molecule has 0 atom stereocenters. The molecule has 1 fully saturated rings. The zero-order valence-corrected chi connectivity index (χ0v) is 13.7. The number of carbonyl (C=O) groups excluding carboxylic acids is 2. The van der Waals surface area contributed by atoms with Gasteiger partial charge in [-0.2, -0.15) is 0 Å². The number of rotatable bonds is 4. The zero-order chi connectivity index (χ0) is 16.8. The van der Waals surface area contributed by atoms with E-state index in [1.807, 2.05) is 16.7 Å². The highest BCUT2D eigenvalue weighted by molar-refractivity contribution is 5.95. The molecule has 0 radical (unpaired) electrons. The first-order valence-corrected chi connectivity index (χ1v) is 7.80. The van der Waals surface area contributed by atoms with Crippen LogP contribution in [0.1, 0.15) is 28.3 Å². The van der Waals surface area contributed by atoms with E-state index in [2.05, 4.69) is 11.2 Å². The summed E-state index contributed by atoms with van der Waals surface area (Å²) in [6, 6.07) is 1.79. The first kappa shape index (κ1) is 17.1. The SMILES string of the molecule is C#CCNC(=O)CN1CCCN(C(=O)c2cc(C)oc2C)CC1. The van der Waals surface area contributed by atoms with Crippen molar-refractivity contribution in [2.75, 3.05) is 39.3 Å². The summed E-state index contributed by atoms with van der Waals surface area (Å²) < 4.78 is 5.44. The fourth-order valence-electron chi connectivity index (χ4n) is 2.75. The van der Waals surface area contributed by atoms with E-state index in [1.165, 1.54) is 0 Å². The van der Waals surface area contributed by atoms with Crippen molar-refractivity contribution in [3.8, 4) is 12.3 Å². The van der Waals surface area contributed by atoms with E-state index in [0.29, 0.717) is 37.5 Å². The Balaban J connectivity index is 1.91. The van der Waals surface area contributed by atoms with Gasteiger partial charge in [0.15, 0.2) is 0 Å². The van der Waals surface area contributed by atoms with Gasteiger partial charge in [-0.25, -0.2) is 0 Å². The fourth-order valence-corrected chi connectivity index (χ4v) is 2.75. The highest BCUT2D eigenvalue weighted by Crippen LogP contribution is 2.17. The molecule has 0 spiro atoms. The van der Waals surface area contributed by atoms with Gasteiger partial charge in [-0.1, -0.05) is 5.92 Å². The average molecular weight is 317 g/mol. The van der Waals surface area contributed by atoms with E-state index in [4.69, 9.17) is 10.8 Å². The molecular weight excluding hydrogens is 294 g/mol. The standard InChI is InChI=1S/C17H23N3O3/c1-4-6-18-16(21)12-19-7-5-8-20(10-9-19)17(22)15-11-13(2)23-14(15)3/h1,11H,5-10,12H2,2-3H3,(H,18,21). The third kappa shape index (κ3) is 4.60. The molecule has 2 rings (SSSR count). The number of nitrogens with zero attached hydrogens (tertiary/aromatic N) is 2. The molecule has 124 valence electrons. The molecule has 1 aliphatic rings. The van der Waals surface area contributed by atoms with E-state index in [1.54, 1.807) is 13.0 Å². The van der Waals surface area contributed by atoms with Crippen molar-refractivity contribution in [3.05, 3.63) is 23.2 Å². The normalized spacial score (nSPS) is 15.8. The number of carbonyl (C=O) groups is 2. The maximum atomic E-state index is 12.6. The van der Waals surface area contributed by atoms with Crippen molar-refractivity contribution in [2.24, 2.45) is 0 Å². The van der Waals surface area contributed by atoms with Crippen molar-refractivity contribution in [1.29, 1.82) is 0 Å². The number of furan rings is 1. The van der Waals surface area contributed by atoms with Crippen LogP contribution in [0.25, 0.3) is 0 Å². The largest absolute Gasteiger partial charge is 0.466 e. The van der Waals surface area contributed by atoms with Gasteiger partial charge >= 0.3 is 0 Å². The lowest BCUT2D eigenvalue weighted by atomic mass is 10.2. The Labute approximate surface area is 136 Å². The summed E-state index contributed by atoms with van der Waals surface area (Å²) in [5.74, 6) is 3.70. The Kier molecular flexibility index (Phi) is 5.83. The minimum atomic E-state index is -0.0796. The molecule has 1 aliphatic heterocycles. The van der Waals surface area contributed by atoms with Crippen molar-refractivity contribution < 1.29 is 14.0 Å². The van der Waals surface area contributed by atoms with Gasteiger partial charge in [-0.15, -0.1) is 6.42 Å². The van der Waals surface area contributed by atoms with Crippen molar-refractivity contribution in [2.45, 2.75) is 20.3 Å². The number of nitrogens with one attached hydrogen (secondary N) is 1. The fraction of sp³-hybridized carbons (Fsp3) is 0.529. The van der Waals surface area contributed by atoms with Crippen LogP contribution in [0.15, 0.2) is 10.5 Å². The predicted octanol–water partition coefficient (Wildman–Crippen LogP) is 0.794. The Hall–Kier alpha value is -2.26. The van der Waals surface area contributed by atoms with Gasteiger partial charge in [0.1, 0.15) is 11.5 Å². The maximum absolute atomic E-state index is 12.6. The molecule has 6 nitrogen and oxygen atoms in total.